The van der Waals surface area contributed by atoms with Gasteiger partial charge in [0.1, 0.15) is 5.56 Å². The van der Waals surface area contributed by atoms with E-state index in [1.807, 2.05) is 0 Å². The molecule has 26 heavy (non-hydrogen) atoms. The lowest BCUT2D eigenvalue weighted by Crippen LogP contribution is -2.25. The van der Waals surface area contributed by atoms with Gasteiger partial charge in [-0.3, -0.25) is 9.59 Å². The first-order chi connectivity index (χ1) is 12.2. The number of anilines is 1. The molecule has 0 atom stereocenters. The number of carbonyl (C=O) groups is 2. The lowest BCUT2D eigenvalue weighted by molar-refractivity contribution is -0.119. The van der Waals surface area contributed by atoms with Crippen LogP contribution in [-0.4, -0.2) is 50.3 Å². The van der Waals surface area contributed by atoms with Gasteiger partial charge >= 0.3 is 5.97 Å². The molecule has 0 saturated heterocycles. The van der Waals surface area contributed by atoms with E-state index in [2.05, 4.69) is 10.3 Å². The molecule has 0 bridgehead atoms. The number of ether oxygens (including phenoxy) is 1. The van der Waals surface area contributed by atoms with Crippen molar-refractivity contribution in [2.45, 2.75) is 4.90 Å². The van der Waals surface area contributed by atoms with Crippen LogP contribution in [0.3, 0.4) is 0 Å². The molecular formula is C16H17N3O6S. The first-order valence-electron chi connectivity index (χ1n) is 7.39. The summed E-state index contributed by atoms with van der Waals surface area (Å²) in [6.07, 6.45) is 1.36. The smallest absolute Gasteiger partial charge is 0.344 e. The minimum absolute atomic E-state index is 0.00751. The predicted molar refractivity (Wildman–Crippen MR) is 93.3 cm³/mol. The molecule has 0 aliphatic rings. The number of pyridine rings is 1. The van der Waals surface area contributed by atoms with Crippen LogP contribution in [0.15, 0.2) is 52.3 Å². The molecule has 0 saturated carbocycles. The Hall–Kier alpha value is -2.98. The summed E-state index contributed by atoms with van der Waals surface area (Å²) < 4.78 is 30.0. The summed E-state index contributed by atoms with van der Waals surface area (Å²) in [5, 5.41) is 2.43. The highest BCUT2D eigenvalue weighted by Gasteiger charge is 2.18. The first-order valence-corrected chi connectivity index (χ1v) is 8.83. The van der Waals surface area contributed by atoms with Crippen molar-refractivity contribution >= 4 is 27.6 Å². The number of nitrogens with one attached hydrogen (secondary N) is 2. The quantitative estimate of drug-likeness (QED) is 0.701. The number of aromatic amines is 1. The van der Waals surface area contributed by atoms with Gasteiger partial charge in [-0.1, -0.05) is 6.07 Å². The van der Waals surface area contributed by atoms with Gasteiger partial charge in [-0.25, -0.2) is 17.5 Å². The zero-order valence-electron chi connectivity index (χ0n) is 14.1. The Morgan fingerprint density at radius 2 is 1.92 bits per heavy atom. The third kappa shape index (κ3) is 4.55. The van der Waals surface area contributed by atoms with Gasteiger partial charge in [-0.2, -0.15) is 0 Å². The normalized spacial score (nSPS) is 11.2. The predicted octanol–water partition coefficient (Wildman–Crippen LogP) is 0.421. The highest BCUT2D eigenvalue weighted by atomic mass is 32.2. The Morgan fingerprint density at radius 3 is 2.58 bits per heavy atom. The largest absolute Gasteiger partial charge is 0.452 e. The van der Waals surface area contributed by atoms with Gasteiger partial charge in [-0.05, 0) is 30.3 Å². The number of rotatable bonds is 6. The molecule has 2 aromatic rings. The molecule has 0 spiro atoms. The van der Waals surface area contributed by atoms with Crippen LogP contribution in [0.2, 0.25) is 0 Å². The van der Waals surface area contributed by atoms with E-state index in [1.165, 1.54) is 56.7 Å². The van der Waals surface area contributed by atoms with Gasteiger partial charge in [-0.15, -0.1) is 0 Å². The highest BCUT2D eigenvalue weighted by molar-refractivity contribution is 7.89. The summed E-state index contributed by atoms with van der Waals surface area (Å²) >= 11 is 0. The molecule has 0 unspecified atom stereocenters. The summed E-state index contributed by atoms with van der Waals surface area (Å²) in [6, 6.07) is 8.38. The number of esters is 1. The second-order valence-electron chi connectivity index (χ2n) is 5.35. The standard InChI is InChI=1S/C16H17N3O6S/c1-19(2)26(23,24)12-6-3-5-11(9-12)18-14(20)10-25-16(22)13-7-4-8-17-15(13)21/h3-9H,10H2,1-2H3,(H,17,21)(H,18,20). The zero-order valence-corrected chi connectivity index (χ0v) is 14.9. The van der Waals surface area contributed by atoms with E-state index in [0.29, 0.717) is 0 Å². The van der Waals surface area contributed by atoms with E-state index in [1.54, 1.807) is 0 Å². The van der Waals surface area contributed by atoms with Crippen LogP contribution in [0.5, 0.6) is 0 Å². The van der Waals surface area contributed by atoms with Gasteiger partial charge in [0.15, 0.2) is 6.61 Å². The van der Waals surface area contributed by atoms with Crippen LogP contribution in [0.1, 0.15) is 10.4 Å². The van der Waals surface area contributed by atoms with E-state index in [9.17, 15) is 22.8 Å². The Morgan fingerprint density at radius 1 is 1.19 bits per heavy atom. The Balaban J connectivity index is 2.02. The van der Waals surface area contributed by atoms with E-state index >= 15 is 0 Å². The van der Waals surface area contributed by atoms with E-state index < -0.39 is 34.1 Å². The molecule has 9 nitrogen and oxygen atoms in total. The summed E-state index contributed by atoms with van der Waals surface area (Å²) in [7, 11) is -0.855. The first kappa shape index (κ1) is 19.3. The lowest BCUT2D eigenvalue weighted by Gasteiger charge is -2.12. The number of amides is 1. The van der Waals surface area contributed by atoms with Crippen molar-refractivity contribution in [2.75, 3.05) is 26.0 Å². The Kier molecular flexibility index (Phi) is 5.90. The van der Waals surface area contributed by atoms with Gasteiger partial charge in [0, 0.05) is 26.0 Å². The van der Waals surface area contributed by atoms with Crippen molar-refractivity contribution in [3.8, 4) is 0 Å². The summed E-state index contributed by atoms with van der Waals surface area (Å²) in [6.45, 7) is -0.627. The molecular weight excluding hydrogens is 362 g/mol. The zero-order chi connectivity index (χ0) is 19.3. The summed E-state index contributed by atoms with van der Waals surface area (Å²) in [4.78, 5) is 37.5. The molecule has 1 amide bonds. The third-order valence-corrected chi connectivity index (χ3v) is 5.08. The molecule has 2 rings (SSSR count). The average Bonchev–Trinajstić information content (AvgIpc) is 2.60. The molecule has 138 valence electrons. The topological polar surface area (TPSA) is 126 Å². The second-order valence-corrected chi connectivity index (χ2v) is 7.50. The summed E-state index contributed by atoms with van der Waals surface area (Å²) in [5.41, 5.74) is -0.620. The van der Waals surface area contributed by atoms with Crippen LogP contribution in [0.4, 0.5) is 5.69 Å². The van der Waals surface area contributed by atoms with Gasteiger partial charge in [0.05, 0.1) is 4.90 Å². The molecule has 0 fully saturated rings. The molecule has 0 radical (unpaired) electrons. The second kappa shape index (κ2) is 7.93. The third-order valence-electron chi connectivity index (χ3n) is 3.27. The van der Waals surface area contributed by atoms with Crippen LogP contribution in [-0.2, 0) is 19.6 Å². The molecule has 0 aliphatic carbocycles. The average molecular weight is 379 g/mol. The fourth-order valence-electron chi connectivity index (χ4n) is 1.93. The highest BCUT2D eigenvalue weighted by Crippen LogP contribution is 2.17. The number of benzene rings is 1. The van der Waals surface area contributed by atoms with Crippen LogP contribution < -0.4 is 10.9 Å². The van der Waals surface area contributed by atoms with Crippen molar-refractivity contribution in [2.24, 2.45) is 0 Å². The molecule has 1 aromatic carbocycles. The van der Waals surface area contributed by atoms with Crippen LogP contribution in [0.25, 0.3) is 0 Å². The number of hydrogen-bond donors (Lipinski definition) is 2. The number of H-pyrrole nitrogens is 1. The molecule has 0 aliphatic heterocycles. The monoisotopic (exact) mass is 379 g/mol. The van der Waals surface area contributed by atoms with Crippen molar-refractivity contribution in [3.63, 3.8) is 0 Å². The fraction of sp³-hybridized carbons (Fsp3) is 0.188. The molecule has 1 aromatic heterocycles. The van der Waals surface area contributed by atoms with Crippen molar-refractivity contribution in [3.05, 3.63) is 58.5 Å². The maximum absolute atomic E-state index is 12.1. The SMILES string of the molecule is CN(C)S(=O)(=O)c1cccc(NC(=O)COC(=O)c2ccc[nH]c2=O)c1. The number of carbonyl (C=O) groups excluding carboxylic acids is 2. The van der Waals surface area contributed by atoms with Crippen LogP contribution in [0, 0.1) is 0 Å². The lowest BCUT2D eigenvalue weighted by atomic mass is 10.3. The Bertz CT molecular complexity index is 981. The van der Waals surface area contributed by atoms with Crippen LogP contribution >= 0.6 is 0 Å². The van der Waals surface area contributed by atoms with Gasteiger partial charge in [0.25, 0.3) is 11.5 Å². The van der Waals surface area contributed by atoms with Crippen molar-refractivity contribution in [1.29, 1.82) is 0 Å². The Labute approximate surface area is 149 Å². The van der Waals surface area contributed by atoms with Gasteiger partial charge in [0.2, 0.25) is 10.0 Å². The minimum Gasteiger partial charge on any atom is -0.452 e. The maximum atomic E-state index is 12.1. The van der Waals surface area contributed by atoms with Gasteiger partial charge < -0.3 is 15.0 Å². The van der Waals surface area contributed by atoms with E-state index in [-0.39, 0.29) is 16.1 Å². The number of hydrogen-bond acceptors (Lipinski definition) is 6. The minimum atomic E-state index is -3.64. The molecule has 2 N–H and O–H groups in total. The fourth-order valence-corrected chi connectivity index (χ4v) is 2.88. The number of aromatic nitrogens is 1. The van der Waals surface area contributed by atoms with Crippen molar-refractivity contribution in [1.82, 2.24) is 9.29 Å². The molecule has 10 heteroatoms. The maximum Gasteiger partial charge on any atom is 0.344 e. The van der Waals surface area contributed by atoms with E-state index in [4.69, 9.17) is 4.74 Å². The molecule has 1 heterocycles. The number of sulfonamides is 1. The summed E-state index contributed by atoms with van der Waals surface area (Å²) in [5.74, 6) is -1.61. The van der Waals surface area contributed by atoms with E-state index in [0.717, 1.165) is 4.31 Å². The van der Waals surface area contributed by atoms with Crippen molar-refractivity contribution < 1.29 is 22.7 Å². The number of nitrogens with zero attached hydrogens (tertiary/aromatic N) is 1.